The van der Waals surface area contributed by atoms with E-state index in [1.807, 2.05) is 24.6 Å². The van der Waals surface area contributed by atoms with Crippen LogP contribution in [-0.4, -0.2) is 12.0 Å². The number of anilines is 1. The van der Waals surface area contributed by atoms with Crippen molar-refractivity contribution in [2.24, 2.45) is 0 Å². The Balaban J connectivity index is 2.11. The summed E-state index contributed by atoms with van der Waals surface area (Å²) in [5, 5.41) is 4.13. The predicted molar refractivity (Wildman–Crippen MR) is 52.9 cm³/mol. The van der Waals surface area contributed by atoms with Gasteiger partial charge < -0.3 is 5.32 Å². The lowest BCUT2D eigenvalue weighted by molar-refractivity contribution is 0.736. The molecule has 1 saturated carbocycles. The van der Waals surface area contributed by atoms with E-state index in [9.17, 15) is 0 Å². The van der Waals surface area contributed by atoms with Crippen LogP contribution in [0.5, 0.6) is 0 Å². The average molecular weight is 182 g/mol. The van der Waals surface area contributed by atoms with E-state index in [4.69, 9.17) is 0 Å². The zero-order valence-corrected chi connectivity index (χ0v) is 8.16. The molecule has 1 fully saturated rings. The average Bonchev–Trinajstić information content (AvgIpc) is 2.75. The molecule has 1 aliphatic rings. The highest BCUT2D eigenvalue weighted by atomic mass is 32.1. The highest BCUT2D eigenvalue weighted by molar-refractivity contribution is 7.15. The van der Waals surface area contributed by atoms with Crippen molar-refractivity contribution in [3.63, 3.8) is 0 Å². The summed E-state index contributed by atoms with van der Waals surface area (Å²) in [4.78, 5) is 5.76. The summed E-state index contributed by atoms with van der Waals surface area (Å²) in [6.45, 7) is 0. The van der Waals surface area contributed by atoms with E-state index in [2.05, 4.69) is 10.3 Å². The second kappa shape index (κ2) is 3.44. The minimum atomic E-state index is 0.810. The molecule has 1 aromatic rings. The normalized spacial score (nSPS) is 18.4. The van der Waals surface area contributed by atoms with E-state index in [1.54, 1.807) is 0 Å². The maximum Gasteiger partial charge on any atom is 0.182 e. The summed E-state index contributed by atoms with van der Waals surface area (Å²) < 4.78 is 0. The van der Waals surface area contributed by atoms with Crippen molar-refractivity contribution >= 4 is 16.5 Å². The molecule has 0 unspecified atom stereocenters. The van der Waals surface area contributed by atoms with Crippen LogP contribution in [0.1, 0.15) is 36.5 Å². The lowest BCUT2D eigenvalue weighted by Gasteiger charge is -2.02. The van der Waals surface area contributed by atoms with E-state index < -0.39 is 0 Å². The molecule has 12 heavy (non-hydrogen) atoms. The molecule has 1 heterocycles. The molecule has 0 amide bonds. The van der Waals surface area contributed by atoms with Crippen LogP contribution in [0.3, 0.4) is 0 Å². The lowest BCUT2D eigenvalue weighted by Crippen LogP contribution is -1.86. The standard InChI is InChI=1S/C9H14N2S/c1-10-9-11-6-8(12-9)7-4-2-3-5-7/h6-7H,2-5H2,1H3,(H,10,11). The minimum Gasteiger partial charge on any atom is -0.365 e. The first-order valence-corrected chi connectivity index (χ1v) is 5.35. The number of nitrogens with zero attached hydrogens (tertiary/aromatic N) is 1. The SMILES string of the molecule is CNc1ncc(C2CCCC2)s1. The van der Waals surface area contributed by atoms with Gasteiger partial charge in [-0.1, -0.05) is 12.8 Å². The van der Waals surface area contributed by atoms with E-state index in [0.717, 1.165) is 11.0 Å². The molecule has 0 saturated heterocycles. The zero-order chi connectivity index (χ0) is 8.39. The zero-order valence-electron chi connectivity index (χ0n) is 7.34. The Hall–Kier alpha value is -0.570. The molecule has 3 heteroatoms. The van der Waals surface area contributed by atoms with Crippen LogP contribution in [0.4, 0.5) is 5.13 Å². The van der Waals surface area contributed by atoms with Gasteiger partial charge >= 0.3 is 0 Å². The maximum absolute atomic E-state index is 4.29. The van der Waals surface area contributed by atoms with Gasteiger partial charge in [0.25, 0.3) is 0 Å². The van der Waals surface area contributed by atoms with Gasteiger partial charge in [-0.2, -0.15) is 0 Å². The monoisotopic (exact) mass is 182 g/mol. The Labute approximate surface area is 77.0 Å². The van der Waals surface area contributed by atoms with Gasteiger partial charge in [0.05, 0.1) is 0 Å². The van der Waals surface area contributed by atoms with Gasteiger partial charge in [0.15, 0.2) is 5.13 Å². The second-order valence-electron chi connectivity index (χ2n) is 3.30. The van der Waals surface area contributed by atoms with Gasteiger partial charge in [0, 0.05) is 18.1 Å². The smallest absolute Gasteiger partial charge is 0.182 e. The molecule has 2 rings (SSSR count). The Morgan fingerprint density at radius 2 is 2.25 bits per heavy atom. The van der Waals surface area contributed by atoms with Gasteiger partial charge in [-0.3, -0.25) is 0 Å². The van der Waals surface area contributed by atoms with Crippen molar-refractivity contribution < 1.29 is 0 Å². The third-order valence-electron chi connectivity index (χ3n) is 2.49. The highest BCUT2D eigenvalue weighted by Gasteiger charge is 2.18. The van der Waals surface area contributed by atoms with Gasteiger partial charge in [-0.25, -0.2) is 4.98 Å². The van der Waals surface area contributed by atoms with Crippen molar-refractivity contribution in [3.8, 4) is 0 Å². The van der Waals surface area contributed by atoms with Crippen LogP contribution in [0, 0.1) is 0 Å². The van der Waals surface area contributed by atoms with Gasteiger partial charge in [0.2, 0.25) is 0 Å². The van der Waals surface area contributed by atoms with Gasteiger partial charge in [0.1, 0.15) is 0 Å². The van der Waals surface area contributed by atoms with Crippen molar-refractivity contribution in [1.29, 1.82) is 0 Å². The van der Waals surface area contributed by atoms with Crippen LogP contribution in [0.25, 0.3) is 0 Å². The fraction of sp³-hybridized carbons (Fsp3) is 0.667. The molecule has 0 bridgehead atoms. The van der Waals surface area contributed by atoms with Crippen molar-refractivity contribution in [2.45, 2.75) is 31.6 Å². The molecule has 0 aliphatic heterocycles. The first kappa shape index (κ1) is 8.05. The van der Waals surface area contributed by atoms with Crippen LogP contribution in [0.2, 0.25) is 0 Å². The number of aromatic nitrogens is 1. The Kier molecular flexibility index (Phi) is 2.30. The summed E-state index contributed by atoms with van der Waals surface area (Å²) in [7, 11) is 1.93. The molecule has 1 aliphatic carbocycles. The van der Waals surface area contributed by atoms with Crippen LogP contribution < -0.4 is 5.32 Å². The predicted octanol–water partition coefficient (Wildman–Crippen LogP) is 2.84. The lowest BCUT2D eigenvalue weighted by atomic mass is 10.1. The molecule has 0 radical (unpaired) electrons. The van der Waals surface area contributed by atoms with Crippen molar-refractivity contribution in [2.75, 3.05) is 12.4 Å². The van der Waals surface area contributed by atoms with Crippen LogP contribution in [0.15, 0.2) is 6.20 Å². The van der Waals surface area contributed by atoms with Gasteiger partial charge in [-0.15, -0.1) is 11.3 Å². The molecule has 0 atom stereocenters. The minimum absolute atomic E-state index is 0.810. The summed E-state index contributed by atoms with van der Waals surface area (Å²) in [5.74, 6) is 0.810. The Bertz CT molecular complexity index is 251. The third-order valence-corrected chi connectivity index (χ3v) is 3.67. The quantitative estimate of drug-likeness (QED) is 0.760. The maximum atomic E-state index is 4.29. The number of thiazole rings is 1. The third kappa shape index (κ3) is 1.46. The van der Waals surface area contributed by atoms with E-state index >= 15 is 0 Å². The molecule has 0 aromatic carbocycles. The van der Waals surface area contributed by atoms with Crippen LogP contribution in [-0.2, 0) is 0 Å². The Morgan fingerprint density at radius 1 is 1.50 bits per heavy atom. The topological polar surface area (TPSA) is 24.9 Å². The molecule has 2 nitrogen and oxygen atoms in total. The molecular weight excluding hydrogens is 168 g/mol. The molecule has 1 N–H and O–H groups in total. The largest absolute Gasteiger partial charge is 0.365 e. The summed E-state index contributed by atoms with van der Waals surface area (Å²) >= 11 is 1.81. The number of rotatable bonds is 2. The number of hydrogen-bond donors (Lipinski definition) is 1. The van der Waals surface area contributed by atoms with E-state index in [0.29, 0.717) is 0 Å². The van der Waals surface area contributed by atoms with Crippen molar-refractivity contribution in [1.82, 2.24) is 4.98 Å². The second-order valence-corrected chi connectivity index (χ2v) is 4.36. The number of nitrogens with one attached hydrogen (secondary N) is 1. The first-order chi connectivity index (χ1) is 5.90. The number of hydrogen-bond acceptors (Lipinski definition) is 3. The van der Waals surface area contributed by atoms with E-state index in [-0.39, 0.29) is 0 Å². The molecular formula is C9H14N2S. The summed E-state index contributed by atoms with van der Waals surface area (Å²) in [5.41, 5.74) is 0. The van der Waals surface area contributed by atoms with Gasteiger partial charge in [-0.05, 0) is 18.8 Å². The fourth-order valence-electron chi connectivity index (χ4n) is 1.80. The molecule has 1 aromatic heterocycles. The molecule has 0 spiro atoms. The highest BCUT2D eigenvalue weighted by Crippen LogP contribution is 2.37. The summed E-state index contributed by atoms with van der Waals surface area (Å²) in [6.07, 6.45) is 7.57. The summed E-state index contributed by atoms with van der Waals surface area (Å²) in [6, 6.07) is 0. The first-order valence-electron chi connectivity index (χ1n) is 4.53. The molecule has 66 valence electrons. The van der Waals surface area contributed by atoms with E-state index in [1.165, 1.54) is 30.6 Å². The Morgan fingerprint density at radius 3 is 2.83 bits per heavy atom. The van der Waals surface area contributed by atoms with Crippen molar-refractivity contribution in [3.05, 3.63) is 11.1 Å². The fourth-order valence-corrected chi connectivity index (χ4v) is 2.74. The van der Waals surface area contributed by atoms with Crippen LogP contribution >= 0.6 is 11.3 Å².